The maximum Gasteiger partial charge on any atom is 0.257 e. The van der Waals surface area contributed by atoms with Crippen LogP contribution in [-0.4, -0.2) is 59.9 Å². The lowest BCUT2D eigenvalue weighted by atomic mass is 10.0. The zero-order valence-corrected chi connectivity index (χ0v) is 19.8. The molecule has 1 aliphatic heterocycles. The zero-order chi connectivity index (χ0) is 24.1. The number of rotatable bonds is 6. The third-order valence-electron chi connectivity index (χ3n) is 6.08. The molecule has 34 heavy (non-hydrogen) atoms. The van der Waals surface area contributed by atoms with Crippen LogP contribution in [0.15, 0.2) is 66.9 Å². The first-order valence-electron chi connectivity index (χ1n) is 11.5. The Hall–Kier alpha value is -3.87. The van der Waals surface area contributed by atoms with Gasteiger partial charge in [0, 0.05) is 37.9 Å². The number of nitrogens with one attached hydrogen (secondary N) is 1. The monoisotopic (exact) mass is 458 g/mol. The summed E-state index contributed by atoms with van der Waals surface area (Å²) in [6, 6.07) is 18.8. The van der Waals surface area contributed by atoms with Gasteiger partial charge < -0.3 is 19.9 Å². The fraction of sp³-hybridized carbons (Fsp3) is 0.296. The molecule has 0 bridgehead atoms. The molecule has 0 radical (unpaired) electrons. The zero-order valence-electron chi connectivity index (χ0n) is 19.8. The molecule has 1 aliphatic rings. The summed E-state index contributed by atoms with van der Waals surface area (Å²) < 4.78 is 5.40. The maximum absolute atomic E-state index is 13.3. The van der Waals surface area contributed by atoms with E-state index in [2.05, 4.69) is 24.1 Å². The van der Waals surface area contributed by atoms with Crippen molar-refractivity contribution in [1.82, 2.24) is 14.8 Å². The summed E-state index contributed by atoms with van der Waals surface area (Å²) in [7, 11) is 1.60. The molecule has 1 fully saturated rings. The number of para-hydroxylation sites is 2. The number of benzene rings is 2. The van der Waals surface area contributed by atoms with Crippen LogP contribution >= 0.6 is 0 Å². The quantitative estimate of drug-likeness (QED) is 0.586. The van der Waals surface area contributed by atoms with Crippen molar-refractivity contribution in [2.45, 2.75) is 19.8 Å². The molecule has 4 rings (SSSR count). The molecular formula is C27H30N4O3. The molecular weight excluding hydrogens is 428 g/mol. The molecule has 1 N–H and O–H groups in total. The van der Waals surface area contributed by atoms with E-state index >= 15 is 0 Å². The lowest BCUT2D eigenvalue weighted by molar-refractivity contribution is 0.0536. The predicted molar refractivity (Wildman–Crippen MR) is 133 cm³/mol. The summed E-state index contributed by atoms with van der Waals surface area (Å²) in [5, 5.41) is 3.22. The van der Waals surface area contributed by atoms with Crippen molar-refractivity contribution < 1.29 is 14.3 Å². The Labute approximate surface area is 200 Å². The number of pyridine rings is 1. The Balaban J connectivity index is 1.42. The van der Waals surface area contributed by atoms with Gasteiger partial charge in [-0.3, -0.25) is 9.59 Å². The van der Waals surface area contributed by atoms with E-state index < -0.39 is 0 Å². The molecule has 2 amide bonds. The fourth-order valence-electron chi connectivity index (χ4n) is 4.03. The van der Waals surface area contributed by atoms with E-state index in [4.69, 9.17) is 4.74 Å². The van der Waals surface area contributed by atoms with Crippen molar-refractivity contribution in [1.29, 1.82) is 0 Å². The number of methoxy groups -OCH3 is 1. The van der Waals surface area contributed by atoms with Gasteiger partial charge in [0.15, 0.2) is 0 Å². The lowest BCUT2D eigenvalue weighted by Gasteiger charge is -2.35. The molecule has 0 atom stereocenters. The van der Waals surface area contributed by atoms with Crippen molar-refractivity contribution in [3.05, 3.63) is 83.6 Å². The third-order valence-corrected chi connectivity index (χ3v) is 6.08. The maximum atomic E-state index is 13.3. The minimum atomic E-state index is -0.112. The highest BCUT2D eigenvalue weighted by molar-refractivity contribution is 6.00. The number of aromatic nitrogens is 1. The topological polar surface area (TPSA) is 74.8 Å². The van der Waals surface area contributed by atoms with E-state index in [0.29, 0.717) is 54.8 Å². The van der Waals surface area contributed by atoms with Crippen LogP contribution in [0.2, 0.25) is 0 Å². The van der Waals surface area contributed by atoms with Gasteiger partial charge in [0.25, 0.3) is 11.8 Å². The van der Waals surface area contributed by atoms with Gasteiger partial charge in [-0.05, 0) is 47.9 Å². The highest BCUT2D eigenvalue weighted by Gasteiger charge is 2.27. The molecule has 0 spiro atoms. The molecule has 7 heteroatoms. The van der Waals surface area contributed by atoms with Gasteiger partial charge in [0.05, 0.1) is 18.4 Å². The van der Waals surface area contributed by atoms with Crippen LogP contribution in [0.5, 0.6) is 5.75 Å². The Morgan fingerprint density at radius 2 is 1.53 bits per heavy atom. The van der Waals surface area contributed by atoms with E-state index in [1.165, 1.54) is 5.56 Å². The second kappa shape index (κ2) is 10.4. The number of anilines is 2. The number of carbonyl (C=O) groups excluding carboxylic acids is 2. The molecule has 0 saturated carbocycles. The van der Waals surface area contributed by atoms with Gasteiger partial charge in [-0.15, -0.1) is 0 Å². The molecule has 7 nitrogen and oxygen atoms in total. The number of piperazine rings is 1. The first-order chi connectivity index (χ1) is 16.5. The molecule has 1 saturated heterocycles. The molecule has 3 aromatic rings. The van der Waals surface area contributed by atoms with E-state index in [1.54, 1.807) is 30.3 Å². The van der Waals surface area contributed by atoms with Crippen LogP contribution in [0.1, 0.15) is 46.0 Å². The molecule has 2 heterocycles. The number of hydrogen-bond donors (Lipinski definition) is 1. The number of ether oxygens (including phenoxy) is 1. The van der Waals surface area contributed by atoms with Gasteiger partial charge in [-0.25, -0.2) is 4.98 Å². The van der Waals surface area contributed by atoms with Crippen molar-refractivity contribution in [2.24, 2.45) is 0 Å². The van der Waals surface area contributed by atoms with Gasteiger partial charge in [0.2, 0.25) is 0 Å². The van der Waals surface area contributed by atoms with Crippen LogP contribution in [0, 0.1) is 0 Å². The number of amides is 2. The number of hydrogen-bond acceptors (Lipinski definition) is 5. The Bertz CT molecular complexity index is 1150. The van der Waals surface area contributed by atoms with Gasteiger partial charge in [-0.2, -0.15) is 0 Å². The Morgan fingerprint density at radius 3 is 2.18 bits per heavy atom. The van der Waals surface area contributed by atoms with Crippen molar-refractivity contribution in [3.8, 4) is 5.75 Å². The molecule has 0 aliphatic carbocycles. The van der Waals surface area contributed by atoms with Crippen molar-refractivity contribution >= 4 is 23.3 Å². The van der Waals surface area contributed by atoms with E-state index in [9.17, 15) is 9.59 Å². The van der Waals surface area contributed by atoms with Crippen LogP contribution < -0.4 is 10.1 Å². The SMILES string of the molecule is COc1ccccc1Nc1ncccc1C(=O)N1CCN(C(=O)c2ccc(C(C)C)cc2)CC1. The molecule has 176 valence electrons. The van der Waals surface area contributed by atoms with E-state index in [0.717, 1.165) is 5.69 Å². The van der Waals surface area contributed by atoms with Crippen LogP contribution in [0.3, 0.4) is 0 Å². The standard InChI is InChI=1S/C27H30N4O3/c1-19(2)20-10-12-21(13-11-20)26(32)30-15-17-31(18-16-30)27(33)22-7-6-14-28-25(22)29-23-8-4-5-9-24(23)34-3/h4-14,19H,15-18H2,1-3H3,(H,28,29). The highest BCUT2D eigenvalue weighted by Crippen LogP contribution is 2.28. The first-order valence-corrected chi connectivity index (χ1v) is 11.5. The average Bonchev–Trinajstić information content (AvgIpc) is 2.88. The summed E-state index contributed by atoms with van der Waals surface area (Å²) in [6.45, 7) is 6.19. The second-order valence-corrected chi connectivity index (χ2v) is 8.59. The Morgan fingerprint density at radius 1 is 0.882 bits per heavy atom. The molecule has 1 aromatic heterocycles. The van der Waals surface area contributed by atoms with Gasteiger partial charge in [-0.1, -0.05) is 38.1 Å². The van der Waals surface area contributed by atoms with Gasteiger partial charge in [0.1, 0.15) is 11.6 Å². The van der Waals surface area contributed by atoms with Gasteiger partial charge >= 0.3 is 0 Å². The smallest absolute Gasteiger partial charge is 0.257 e. The molecule has 0 unspecified atom stereocenters. The second-order valence-electron chi connectivity index (χ2n) is 8.59. The summed E-state index contributed by atoms with van der Waals surface area (Å²) in [5.41, 5.74) is 3.11. The van der Waals surface area contributed by atoms with Crippen molar-refractivity contribution in [3.63, 3.8) is 0 Å². The summed E-state index contributed by atoms with van der Waals surface area (Å²) in [4.78, 5) is 34.2. The minimum Gasteiger partial charge on any atom is -0.495 e. The van der Waals surface area contributed by atoms with Crippen LogP contribution in [0.25, 0.3) is 0 Å². The summed E-state index contributed by atoms with van der Waals surface area (Å²) >= 11 is 0. The number of nitrogens with zero attached hydrogens (tertiary/aromatic N) is 3. The fourth-order valence-corrected chi connectivity index (χ4v) is 4.03. The predicted octanol–water partition coefficient (Wildman–Crippen LogP) is 4.56. The van der Waals surface area contributed by atoms with Crippen LogP contribution in [-0.2, 0) is 0 Å². The largest absolute Gasteiger partial charge is 0.495 e. The van der Waals surface area contributed by atoms with Crippen LogP contribution in [0.4, 0.5) is 11.5 Å². The third kappa shape index (κ3) is 5.03. The molecule has 2 aromatic carbocycles. The highest BCUT2D eigenvalue weighted by atomic mass is 16.5. The number of carbonyl (C=O) groups is 2. The lowest BCUT2D eigenvalue weighted by Crippen LogP contribution is -2.50. The normalized spacial score (nSPS) is 13.6. The Kier molecular flexibility index (Phi) is 7.11. The van der Waals surface area contributed by atoms with E-state index in [1.807, 2.05) is 53.4 Å². The van der Waals surface area contributed by atoms with E-state index in [-0.39, 0.29) is 11.8 Å². The summed E-state index contributed by atoms with van der Waals surface area (Å²) in [6.07, 6.45) is 1.65. The summed E-state index contributed by atoms with van der Waals surface area (Å²) in [5.74, 6) is 1.45. The first kappa shape index (κ1) is 23.3. The minimum absolute atomic E-state index is 0.00214. The average molecular weight is 459 g/mol. The van der Waals surface area contributed by atoms with Crippen molar-refractivity contribution in [2.75, 3.05) is 38.6 Å².